The van der Waals surface area contributed by atoms with E-state index in [0.29, 0.717) is 6.42 Å². The number of ketones is 2. The molecule has 0 amide bonds. The van der Waals surface area contributed by atoms with Crippen molar-refractivity contribution >= 4 is 23.3 Å². The smallest absolute Gasteiger partial charge is 0.216 e. The molecule has 4 N–H and O–H groups in total. The molecule has 13 heavy (non-hydrogen) atoms. The van der Waals surface area contributed by atoms with Gasteiger partial charge in [-0.2, -0.15) is 11.8 Å². The molecule has 4 nitrogen and oxygen atoms in total. The van der Waals surface area contributed by atoms with Crippen LogP contribution in [0.15, 0.2) is 0 Å². The summed E-state index contributed by atoms with van der Waals surface area (Å²) in [6, 6.07) is -1.43. The number of hydrogen-bond acceptors (Lipinski definition) is 5. The van der Waals surface area contributed by atoms with Crippen LogP contribution < -0.4 is 11.5 Å². The lowest BCUT2D eigenvalue weighted by molar-refractivity contribution is -0.137. The minimum atomic E-state index is -0.743. The van der Waals surface area contributed by atoms with E-state index in [1.165, 1.54) is 6.92 Å². The van der Waals surface area contributed by atoms with Gasteiger partial charge in [0.25, 0.3) is 0 Å². The Balaban J connectivity index is 4.02. The molecule has 0 aliphatic rings. The maximum Gasteiger partial charge on any atom is 0.216 e. The first-order valence-corrected chi connectivity index (χ1v) is 5.48. The van der Waals surface area contributed by atoms with Crippen molar-refractivity contribution in [3.8, 4) is 0 Å². The summed E-state index contributed by atoms with van der Waals surface area (Å²) in [6.07, 6.45) is 2.45. The summed E-state index contributed by atoms with van der Waals surface area (Å²) >= 11 is 1.59. The van der Waals surface area contributed by atoms with Gasteiger partial charge in [0.1, 0.15) is 0 Å². The average molecular weight is 204 g/mol. The number of Topliss-reactive ketones (excluding diaryl/α,β-unsaturated/α-hetero) is 2. The molecule has 76 valence electrons. The van der Waals surface area contributed by atoms with E-state index in [2.05, 4.69) is 0 Å². The number of thioether (sulfide) groups is 1. The van der Waals surface area contributed by atoms with Gasteiger partial charge in [-0.15, -0.1) is 0 Å². The van der Waals surface area contributed by atoms with Crippen LogP contribution in [0.25, 0.3) is 0 Å². The zero-order valence-electron chi connectivity index (χ0n) is 7.95. The van der Waals surface area contributed by atoms with E-state index in [1.807, 2.05) is 6.26 Å². The molecule has 0 aliphatic carbocycles. The maximum absolute atomic E-state index is 11.2. The second-order valence-electron chi connectivity index (χ2n) is 2.91. The number of carbonyl (C=O) groups is 2. The van der Waals surface area contributed by atoms with Crippen molar-refractivity contribution in [1.82, 2.24) is 0 Å². The van der Waals surface area contributed by atoms with Gasteiger partial charge in [0.15, 0.2) is 0 Å². The second-order valence-corrected chi connectivity index (χ2v) is 3.89. The van der Waals surface area contributed by atoms with E-state index < -0.39 is 23.7 Å². The number of hydrogen-bond donors (Lipinski definition) is 2. The van der Waals surface area contributed by atoms with Crippen LogP contribution in [0.1, 0.15) is 13.3 Å². The molecule has 0 aromatic heterocycles. The molecule has 0 saturated heterocycles. The molecular formula is C8H16N2O2S. The lowest BCUT2D eigenvalue weighted by Gasteiger charge is -2.09. The normalized spacial score (nSPS) is 15.1. The zero-order chi connectivity index (χ0) is 10.4. The Bertz CT molecular complexity index is 195. The second kappa shape index (κ2) is 6.12. The van der Waals surface area contributed by atoms with Crippen molar-refractivity contribution < 1.29 is 9.59 Å². The number of nitrogens with two attached hydrogens (primary N) is 2. The topological polar surface area (TPSA) is 86.2 Å². The Labute approximate surface area is 82.4 Å². The van der Waals surface area contributed by atoms with Crippen molar-refractivity contribution in [3.05, 3.63) is 0 Å². The Hall–Kier alpha value is -0.390. The van der Waals surface area contributed by atoms with Crippen LogP contribution in [0.4, 0.5) is 0 Å². The fraction of sp³-hybridized carbons (Fsp3) is 0.750. The first-order valence-electron chi connectivity index (χ1n) is 4.08. The molecule has 0 rings (SSSR count). The zero-order valence-corrected chi connectivity index (χ0v) is 8.76. The van der Waals surface area contributed by atoms with E-state index in [9.17, 15) is 9.59 Å². The van der Waals surface area contributed by atoms with Gasteiger partial charge >= 0.3 is 0 Å². The Morgan fingerprint density at radius 3 is 2.23 bits per heavy atom. The van der Waals surface area contributed by atoms with Crippen molar-refractivity contribution in [3.63, 3.8) is 0 Å². The molecule has 0 heterocycles. The summed E-state index contributed by atoms with van der Waals surface area (Å²) in [5.41, 5.74) is 10.8. The third-order valence-electron chi connectivity index (χ3n) is 1.63. The summed E-state index contributed by atoms with van der Waals surface area (Å²) in [6.45, 7) is 1.49. The van der Waals surface area contributed by atoms with Crippen molar-refractivity contribution in [1.29, 1.82) is 0 Å². The monoisotopic (exact) mass is 204 g/mol. The van der Waals surface area contributed by atoms with Gasteiger partial charge in [0.2, 0.25) is 11.6 Å². The fourth-order valence-corrected chi connectivity index (χ4v) is 1.27. The first kappa shape index (κ1) is 12.6. The highest BCUT2D eigenvalue weighted by atomic mass is 32.2. The van der Waals surface area contributed by atoms with Gasteiger partial charge < -0.3 is 11.5 Å². The van der Waals surface area contributed by atoms with Crippen LogP contribution in [-0.4, -0.2) is 35.7 Å². The van der Waals surface area contributed by atoms with E-state index >= 15 is 0 Å². The van der Waals surface area contributed by atoms with E-state index in [4.69, 9.17) is 11.5 Å². The van der Waals surface area contributed by atoms with Crippen LogP contribution in [-0.2, 0) is 9.59 Å². The van der Waals surface area contributed by atoms with Crippen LogP contribution >= 0.6 is 11.8 Å². The molecule has 0 bridgehead atoms. The highest BCUT2D eigenvalue weighted by molar-refractivity contribution is 7.98. The lowest BCUT2D eigenvalue weighted by atomic mass is 10.0. The SMILES string of the molecule is CSCC[C@H](N)C(=O)C(=O)[C@H](C)N. The molecule has 0 fully saturated rings. The maximum atomic E-state index is 11.2. The van der Waals surface area contributed by atoms with Crippen LogP contribution in [0.2, 0.25) is 0 Å². The van der Waals surface area contributed by atoms with Gasteiger partial charge in [0, 0.05) is 0 Å². The largest absolute Gasteiger partial charge is 0.321 e. The summed E-state index contributed by atoms with van der Waals surface area (Å²) in [5, 5.41) is 0. The van der Waals surface area contributed by atoms with Gasteiger partial charge in [-0.25, -0.2) is 0 Å². The predicted molar refractivity (Wildman–Crippen MR) is 54.6 cm³/mol. The molecular weight excluding hydrogens is 188 g/mol. The van der Waals surface area contributed by atoms with Crippen molar-refractivity contribution in [2.24, 2.45) is 11.5 Å². The third-order valence-corrected chi connectivity index (χ3v) is 2.27. The molecule has 0 aliphatic heterocycles. The van der Waals surface area contributed by atoms with E-state index in [0.717, 1.165) is 5.75 Å². The van der Waals surface area contributed by atoms with Crippen LogP contribution in [0.5, 0.6) is 0 Å². The summed E-state index contributed by atoms with van der Waals surface area (Å²) < 4.78 is 0. The predicted octanol–water partition coefficient (Wildman–Crippen LogP) is -0.448. The molecule has 0 aromatic rings. The number of rotatable bonds is 6. The Kier molecular flexibility index (Phi) is 5.94. The summed E-state index contributed by atoms with van der Waals surface area (Å²) in [5.74, 6) is -0.350. The molecule has 0 aromatic carbocycles. The molecule has 2 atom stereocenters. The van der Waals surface area contributed by atoms with Gasteiger partial charge in [-0.3, -0.25) is 9.59 Å². The number of carbonyl (C=O) groups excluding carboxylic acids is 2. The molecule has 0 unspecified atom stereocenters. The van der Waals surface area contributed by atoms with E-state index in [-0.39, 0.29) is 0 Å². The lowest BCUT2D eigenvalue weighted by Crippen LogP contribution is -2.43. The highest BCUT2D eigenvalue weighted by Gasteiger charge is 2.23. The van der Waals surface area contributed by atoms with Gasteiger partial charge in [-0.1, -0.05) is 0 Å². The molecule has 0 spiro atoms. The average Bonchev–Trinajstić information content (AvgIpc) is 2.11. The Morgan fingerprint density at radius 1 is 1.31 bits per heavy atom. The van der Waals surface area contributed by atoms with Crippen LogP contribution in [0.3, 0.4) is 0 Å². The van der Waals surface area contributed by atoms with Gasteiger partial charge in [-0.05, 0) is 25.4 Å². The first-order chi connectivity index (χ1) is 6.00. The van der Waals surface area contributed by atoms with Crippen molar-refractivity contribution in [2.75, 3.05) is 12.0 Å². The minimum Gasteiger partial charge on any atom is -0.321 e. The molecule has 0 saturated carbocycles. The van der Waals surface area contributed by atoms with Crippen molar-refractivity contribution in [2.45, 2.75) is 25.4 Å². The Morgan fingerprint density at radius 2 is 1.85 bits per heavy atom. The standard InChI is InChI=1S/C8H16N2O2S/c1-5(9)7(11)8(12)6(10)3-4-13-2/h5-6H,3-4,9-10H2,1-2H3/t5-,6-/m0/s1. The minimum absolute atomic E-state index is 0.526. The summed E-state index contributed by atoms with van der Waals surface area (Å²) in [7, 11) is 0. The molecule has 5 heteroatoms. The highest BCUT2D eigenvalue weighted by Crippen LogP contribution is 2.00. The van der Waals surface area contributed by atoms with E-state index in [1.54, 1.807) is 11.8 Å². The third kappa shape index (κ3) is 4.40. The molecule has 0 radical (unpaired) electrons. The fourth-order valence-electron chi connectivity index (χ4n) is 0.783. The summed E-state index contributed by atoms with van der Waals surface area (Å²) in [4.78, 5) is 22.3. The van der Waals surface area contributed by atoms with Gasteiger partial charge in [0.05, 0.1) is 12.1 Å². The quantitative estimate of drug-likeness (QED) is 0.572. The van der Waals surface area contributed by atoms with Crippen LogP contribution in [0, 0.1) is 0 Å².